The quantitative estimate of drug-likeness (QED) is 0.777. The number of halogens is 1. The van der Waals surface area contributed by atoms with Crippen LogP contribution in [0.15, 0.2) is 47.4 Å². The lowest BCUT2D eigenvalue weighted by atomic mass is 10.2. The molecular weight excluding hydrogens is 376 g/mol. The van der Waals surface area contributed by atoms with Gasteiger partial charge in [-0.1, -0.05) is 11.6 Å². The Morgan fingerprint density at radius 1 is 0.923 bits per heavy atom. The highest BCUT2D eigenvalue weighted by molar-refractivity contribution is 7.89. The molecular formula is C18H21ClN2O4S. The molecule has 0 radical (unpaired) electrons. The van der Waals surface area contributed by atoms with Crippen molar-refractivity contribution in [3.8, 4) is 11.5 Å². The zero-order valence-electron chi connectivity index (χ0n) is 14.7. The minimum atomic E-state index is -3.58. The van der Waals surface area contributed by atoms with Gasteiger partial charge < -0.3 is 14.4 Å². The maximum Gasteiger partial charge on any atom is 0.243 e. The Kier molecular flexibility index (Phi) is 5.60. The number of benzene rings is 2. The number of rotatable bonds is 5. The van der Waals surface area contributed by atoms with Gasteiger partial charge in [0.05, 0.1) is 24.1 Å². The molecule has 0 atom stereocenters. The van der Waals surface area contributed by atoms with Crippen molar-refractivity contribution < 1.29 is 17.9 Å². The highest BCUT2D eigenvalue weighted by Crippen LogP contribution is 2.29. The van der Waals surface area contributed by atoms with Gasteiger partial charge in [0.25, 0.3) is 0 Å². The Morgan fingerprint density at radius 3 is 2.15 bits per heavy atom. The van der Waals surface area contributed by atoms with Crippen LogP contribution in [0.5, 0.6) is 11.5 Å². The molecule has 0 N–H and O–H groups in total. The first kappa shape index (κ1) is 18.8. The van der Waals surface area contributed by atoms with Crippen LogP contribution in [0.2, 0.25) is 5.02 Å². The summed E-state index contributed by atoms with van der Waals surface area (Å²) in [7, 11) is -0.487. The lowest BCUT2D eigenvalue weighted by molar-refractivity contribution is 0.383. The summed E-state index contributed by atoms with van der Waals surface area (Å²) in [5.74, 6) is 1.15. The second kappa shape index (κ2) is 7.73. The maximum absolute atomic E-state index is 12.9. The molecule has 8 heteroatoms. The van der Waals surface area contributed by atoms with Crippen molar-refractivity contribution in [2.75, 3.05) is 45.3 Å². The predicted octanol–water partition coefficient (Wildman–Crippen LogP) is 2.87. The van der Waals surface area contributed by atoms with Gasteiger partial charge in [-0.25, -0.2) is 8.42 Å². The molecule has 6 nitrogen and oxygen atoms in total. The van der Waals surface area contributed by atoms with Crippen molar-refractivity contribution in [1.82, 2.24) is 4.31 Å². The zero-order chi connectivity index (χ0) is 18.7. The van der Waals surface area contributed by atoms with Crippen LogP contribution in [0.4, 0.5) is 5.69 Å². The van der Waals surface area contributed by atoms with E-state index in [-0.39, 0.29) is 4.90 Å². The molecule has 0 unspecified atom stereocenters. The summed E-state index contributed by atoms with van der Waals surface area (Å²) in [6.07, 6.45) is 0. The van der Waals surface area contributed by atoms with Crippen LogP contribution in [0.1, 0.15) is 0 Å². The summed E-state index contributed by atoms with van der Waals surface area (Å²) in [5, 5.41) is 0.385. The largest absolute Gasteiger partial charge is 0.497 e. The molecule has 2 aromatic carbocycles. The van der Waals surface area contributed by atoms with Crippen LogP contribution in [0, 0.1) is 0 Å². The number of hydrogen-bond acceptors (Lipinski definition) is 5. The minimum Gasteiger partial charge on any atom is -0.497 e. The first-order chi connectivity index (χ1) is 12.5. The van der Waals surface area contributed by atoms with Gasteiger partial charge in [-0.2, -0.15) is 4.31 Å². The van der Waals surface area contributed by atoms with E-state index < -0.39 is 10.0 Å². The van der Waals surface area contributed by atoms with E-state index in [1.807, 2.05) is 24.3 Å². The van der Waals surface area contributed by atoms with Crippen molar-refractivity contribution in [2.24, 2.45) is 0 Å². The van der Waals surface area contributed by atoms with Crippen LogP contribution >= 0.6 is 11.6 Å². The van der Waals surface area contributed by atoms with E-state index in [1.165, 1.54) is 23.5 Å². The van der Waals surface area contributed by atoms with E-state index in [0.29, 0.717) is 37.0 Å². The van der Waals surface area contributed by atoms with Crippen LogP contribution in [-0.2, 0) is 10.0 Å². The summed E-state index contributed by atoms with van der Waals surface area (Å²) >= 11 is 5.99. The normalized spacial score (nSPS) is 15.7. The topological polar surface area (TPSA) is 59.1 Å². The fourth-order valence-electron chi connectivity index (χ4n) is 2.93. The van der Waals surface area contributed by atoms with E-state index in [4.69, 9.17) is 21.1 Å². The minimum absolute atomic E-state index is 0.191. The molecule has 1 fully saturated rings. The van der Waals surface area contributed by atoms with Crippen molar-refractivity contribution in [3.63, 3.8) is 0 Å². The van der Waals surface area contributed by atoms with Gasteiger partial charge in [-0.3, -0.25) is 0 Å². The standard InChI is InChI=1S/C18H21ClN2O4S/c1-24-15-5-3-14(4-6-15)20-9-11-21(12-10-20)26(22,23)16-7-8-17(19)18(13-16)25-2/h3-8,13H,9-12H2,1-2H3. The Hall–Kier alpha value is -1.96. The summed E-state index contributed by atoms with van der Waals surface area (Å²) in [6.45, 7) is 2.07. The highest BCUT2D eigenvalue weighted by Gasteiger charge is 2.29. The van der Waals surface area contributed by atoms with E-state index in [1.54, 1.807) is 13.2 Å². The second-order valence-electron chi connectivity index (χ2n) is 5.89. The van der Waals surface area contributed by atoms with Crippen LogP contribution in [0.25, 0.3) is 0 Å². The molecule has 3 rings (SSSR count). The zero-order valence-corrected chi connectivity index (χ0v) is 16.3. The molecule has 0 aliphatic carbocycles. The summed E-state index contributed by atoms with van der Waals surface area (Å²) < 4.78 is 37.6. The van der Waals surface area contributed by atoms with Gasteiger partial charge in [0.1, 0.15) is 11.5 Å². The molecule has 0 amide bonds. The van der Waals surface area contributed by atoms with Gasteiger partial charge in [0, 0.05) is 37.9 Å². The van der Waals surface area contributed by atoms with Gasteiger partial charge >= 0.3 is 0 Å². The maximum atomic E-state index is 12.9. The SMILES string of the molecule is COc1ccc(N2CCN(S(=O)(=O)c3ccc(Cl)c(OC)c3)CC2)cc1. The third-order valence-electron chi connectivity index (χ3n) is 4.44. The molecule has 2 aromatic rings. The van der Waals surface area contributed by atoms with Crippen molar-refractivity contribution in [1.29, 1.82) is 0 Å². The molecule has 1 saturated heterocycles. The van der Waals surface area contributed by atoms with Gasteiger partial charge in [-0.15, -0.1) is 0 Å². The molecule has 140 valence electrons. The van der Waals surface area contributed by atoms with Gasteiger partial charge in [0.15, 0.2) is 0 Å². The summed E-state index contributed by atoms with van der Waals surface area (Å²) in [5.41, 5.74) is 1.05. The van der Waals surface area contributed by atoms with Crippen molar-refractivity contribution >= 4 is 27.3 Å². The molecule has 26 heavy (non-hydrogen) atoms. The lowest BCUT2D eigenvalue weighted by Crippen LogP contribution is -2.48. The fourth-order valence-corrected chi connectivity index (χ4v) is 4.56. The summed E-state index contributed by atoms with van der Waals surface area (Å²) in [6, 6.07) is 12.3. The molecule has 0 spiro atoms. The average Bonchev–Trinajstić information content (AvgIpc) is 2.68. The average molecular weight is 397 g/mol. The van der Waals surface area contributed by atoms with E-state index >= 15 is 0 Å². The Balaban J connectivity index is 1.72. The number of hydrogen-bond donors (Lipinski definition) is 0. The third-order valence-corrected chi connectivity index (χ3v) is 6.64. The first-order valence-electron chi connectivity index (χ1n) is 8.18. The monoisotopic (exact) mass is 396 g/mol. The van der Waals surface area contributed by atoms with Crippen LogP contribution in [-0.4, -0.2) is 53.1 Å². The fraction of sp³-hybridized carbons (Fsp3) is 0.333. The van der Waals surface area contributed by atoms with E-state index in [2.05, 4.69) is 4.90 Å². The Morgan fingerprint density at radius 2 is 1.58 bits per heavy atom. The number of nitrogens with zero attached hydrogens (tertiary/aromatic N) is 2. The molecule has 0 saturated carbocycles. The highest BCUT2D eigenvalue weighted by atomic mass is 35.5. The number of piperazine rings is 1. The number of sulfonamides is 1. The van der Waals surface area contributed by atoms with Crippen LogP contribution < -0.4 is 14.4 Å². The lowest BCUT2D eigenvalue weighted by Gasteiger charge is -2.35. The Labute approximate surface area is 158 Å². The van der Waals surface area contributed by atoms with Crippen molar-refractivity contribution in [3.05, 3.63) is 47.5 Å². The number of methoxy groups -OCH3 is 2. The first-order valence-corrected chi connectivity index (χ1v) is 10.00. The van der Waals surface area contributed by atoms with Gasteiger partial charge in [0.2, 0.25) is 10.0 Å². The molecule has 1 heterocycles. The molecule has 1 aliphatic heterocycles. The predicted molar refractivity (Wildman–Crippen MR) is 102 cm³/mol. The summed E-state index contributed by atoms with van der Waals surface area (Å²) in [4.78, 5) is 2.35. The number of anilines is 1. The van der Waals surface area contributed by atoms with E-state index in [0.717, 1.165) is 11.4 Å². The number of ether oxygens (including phenoxy) is 2. The molecule has 0 aromatic heterocycles. The third kappa shape index (κ3) is 3.75. The second-order valence-corrected chi connectivity index (χ2v) is 8.23. The Bertz CT molecular complexity index is 863. The molecule has 1 aliphatic rings. The van der Waals surface area contributed by atoms with Crippen LogP contribution in [0.3, 0.4) is 0 Å². The molecule has 0 bridgehead atoms. The van der Waals surface area contributed by atoms with E-state index in [9.17, 15) is 8.42 Å². The smallest absolute Gasteiger partial charge is 0.243 e. The van der Waals surface area contributed by atoms with Crippen molar-refractivity contribution in [2.45, 2.75) is 4.90 Å². The van der Waals surface area contributed by atoms with Gasteiger partial charge in [-0.05, 0) is 36.4 Å².